The summed E-state index contributed by atoms with van der Waals surface area (Å²) in [7, 11) is 1.65. The Balaban J connectivity index is 2.09. The molecule has 0 saturated heterocycles. The van der Waals surface area contributed by atoms with Crippen molar-refractivity contribution < 1.29 is 9.47 Å². The van der Waals surface area contributed by atoms with Gasteiger partial charge in [-0.05, 0) is 63.8 Å². The number of ether oxygens (including phenoxy) is 2. The van der Waals surface area contributed by atoms with E-state index in [2.05, 4.69) is 41.2 Å². The Bertz CT molecular complexity index is 676. The lowest BCUT2D eigenvalue weighted by atomic mass is 10.1. The molecule has 0 radical (unpaired) electrons. The molecule has 0 aromatic heterocycles. The van der Waals surface area contributed by atoms with Crippen LogP contribution in [0.2, 0.25) is 5.02 Å². The normalized spacial score (nSPS) is 10.9. The van der Waals surface area contributed by atoms with Crippen molar-refractivity contribution in [3.8, 4) is 11.5 Å². The Morgan fingerprint density at radius 2 is 1.96 bits per heavy atom. The maximum Gasteiger partial charge on any atom is 0.175 e. The minimum Gasteiger partial charge on any atom is -0.493 e. The summed E-state index contributed by atoms with van der Waals surface area (Å²) >= 11 is 9.60. The molecule has 1 N–H and O–H groups in total. The van der Waals surface area contributed by atoms with Gasteiger partial charge in [0, 0.05) is 11.6 Å². The fourth-order valence-corrected chi connectivity index (χ4v) is 3.12. The zero-order valence-electron chi connectivity index (χ0n) is 14.2. The molecule has 130 valence electrons. The monoisotopic (exact) mass is 411 g/mol. The van der Waals surface area contributed by atoms with Gasteiger partial charge in [-0.15, -0.1) is 0 Å². The van der Waals surface area contributed by atoms with Crippen molar-refractivity contribution in [2.75, 3.05) is 13.7 Å². The van der Waals surface area contributed by atoms with E-state index in [9.17, 15) is 0 Å². The predicted molar refractivity (Wildman–Crippen MR) is 103 cm³/mol. The molecule has 0 heterocycles. The molecule has 5 heteroatoms. The second-order valence-electron chi connectivity index (χ2n) is 6.05. The van der Waals surface area contributed by atoms with Crippen LogP contribution in [0.5, 0.6) is 11.5 Å². The van der Waals surface area contributed by atoms with Gasteiger partial charge >= 0.3 is 0 Å². The summed E-state index contributed by atoms with van der Waals surface area (Å²) in [4.78, 5) is 0. The van der Waals surface area contributed by atoms with Crippen molar-refractivity contribution in [1.29, 1.82) is 0 Å². The van der Waals surface area contributed by atoms with Crippen molar-refractivity contribution in [2.24, 2.45) is 5.92 Å². The average molecular weight is 413 g/mol. The highest BCUT2D eigenvalue weighted by Crippen LogP contribution is 2.37. The Kier molecular flexibility index (Phi) is 7.40. The molecule has 0 unspecified atom stereocenters. The van der Waals surface area contributed by atoms with Crippen LogP contribution in [0.15, 0.2) is 40.9 Å². The number of nitrogens with one attached hydrogen (secondary N) is 1. The summed E-state index contributed by atoms with van der Waals surface area (Å²) in [5, 5.41) is 4.13. The van der Waals surface area contributed by atoms with E-state index in [4.69, 9.17) is 21.1 Å². The van der Waals surface area contributed by atoms with Gasteiger partial charge in [0.25, 0.3) is 0 Å². The topological polar surface area (TPSA) is 30.5 Å². The van der Waals surface area contributed by atoms with Crippen LogP contribution in [-0.2, 0) is 13.2 Å². The molecule has 2 aromatic carbocycles. The summed E-state index contributed by atoms with van der Waals surface area (Å²) in [5.41, 5.74) is 2.16. The first-order chi connectivity index (χ1) is 11.5. The lowest BCUT2D eigenvalue weighted by Gasteiger charge is -2.15. The molecule has 0 spiro atoms. The third-order valence-electron chi connectivity index (χ3n) is 3.44. The van der Waals surface area contributed by atoms with E-state index in [1.165, 1.54) is 0 Å². The fraction of sp³-hybridized carbons (Fsp3) is 0.368. The van der Waals surface area contributed by atoms with Gasteiger partial charge < -0.3 is 14.8 Å². The number of methoxy groups -OCH3 is 1. The first-order valence-electron chi connectivity index (χ1n) is 7.94. The second-order valence-corrected chi connectivity index (χ2v) is 7.34. The summed E-state index contributed by atoms with van der Waals surface area (Å²) in [6.07, 6.45) is 0. The molecule has 2 aromatic rings. The third kappa shape index (κ3) is 5.69. The standard InChI is InChI=1S/C19H23BrClNO2/c1-13(2)10-22-11-15-8-17(20)19(18(9-15)23-3)24-12-14-5-4-6-16(21)7-14/h4-9,13,22H,10-12H2,1-3H3. The zero-order valence-corrected chi connectivity index (χ0v) is 16.6. The fourth-order valence-electron chi connectivity index (χ4n) is 2.30. The van der Waals surface area contributed by atoms with E-state index in [0.717, 1.165) is 28.7 Å². The Morgan fingerprint density at radius 1 is 1.17 bits per heavy atom. The molecule has 0 bridgehead atoms. The van der Waals surface area contributed by atoms with E-state index < -0.39 is 0 Å². The highest BCUT2D eigenvalue weighted by molar-refractivity contribution is 9.10. The summed E-state index contributed by atoms with van der Waals surface area (Å²) < 4.78 is 12.3. The highest BCUT2D eigenvalue weighted by Gasteiger charge is 2.12. The molecule has 0 aliphatic heterocycles. The van der Waals surface area contributed by atoms with E-state index in [0.29, 0.717) is 29.0 Å². The largest absolute Gasteiger partial charge is 0.493 e. The summed E-state index contributed by atoms with van der Waals surface area (Å²) in [6.45, 7) is 6.59. The van der Waals surface area contributed by atoms with Crippen molar-refractivity contribution >= 4 is 27.5 Å². The molecule has 0 atom stereocenters. The van der Waals surface area contributed by atoms with Crippen molar-refractivity contribution in [1.82, 2.24) is 5.32 Å². The Labute approximate surface area is 157 Å². The number of benzene rings is 2. The molecule has 0 aliphatic carbocycles. The Morgan fingerprint density at radius 3 is 2.62 bits per heavy atom. The lowest BCUT2D eigenvalue weighted by Crippen LogP contribution is -2.19. The Hall–Kier alpha value is -1.23. The van der Waals surface area contributed by atoms with Crippen LogP contribution in [0.4, 0.5) is 0 Å². The van der Waals surface area contributed by atoms with E-state index in [-0.39, 0.29) is 0 Å². The van der Waals surface area contributed by atoms with Gasteiger partial charge in [0.2, 0.25) is 0 Å². The van der Waals surface area contributed by atoms with Crippen molar-refractivity contribution in [3.63, 3.8) is 0 Å². The van der Waals surface area contributed by atoms with Crippen LogP contribution < -0.4 is 14.8 Å². The molecule has 0 aliphatic rings. The molecule has 3 nitrogen and oxygen atoms in total. The van der Waals surface area contributed by atoms with Crippen molar-refractivity contribution in [2.45, 2.75) is 27.0 Å². The second kappa shape index (κ2) is 9.30. The first kappa shape index (κ1) is 19.1. The average Bonchev–Trinajstić information content (AvgIpc) is 2.53. The maximum atomic E-state index is 6.01. The quantitative estimate of drug-likeness (QED) is 0.626. The molecular weight excluding hydrogens is 390 g/mol. The summed E-state index contributed by atoms with van der Waals surface area (Å²) in [5.74, 6) is 2.04. The number of rotatable bonds is 8. The van der Waals surface area contributed by atoms with Gasteiger partial charge in [-0.1, -0.05) is 37.6 Å². The molecule has 24 heavy (non-hydrogen) atoms. The van der Waals surface area contributed by atoms with Crippen LogP contribution >= 0.6 is 27.5 Å². The molecule has 0 amide bonds. The highest BCUT2D eigenvalue weighted by atomic mass is 79.9. The van der Waals surface area contributed by atoms with Crippen LogP contribution in [0.3, 0.4) is 0 Å². The third-order valence-corrected chi connectivity index (χ3v) is 4.27. The van der Waals surface area contributed by atoms with E-state index in [1.807, 2.05) is 30.3 Å². The van der Waals surface area contributed by atoms with E-state index >= 15 is 0 Å². The predicted octanol–water partition coefficient (Wildman–Crippen LogP) is 5.44. The minimum atomic E-state index is 0.431. The van der Waals surface area contributed by atoms with Crippen LogP contribution in [-0.4, -0.2) is 13.7 Å². The van der Waals surface area contributed by atoms with Crippen LogP contribution in [0.1, 0.15) is 25.0 Å². The molecule has 2 rings (SSSR count). The number of hydrogen-bond acceptors (Lipinski definition) is 3. The van der Waals surface area contributed by atoms with Crippen LogP contribution in [0, 0.1) is 5.92 Å². The van der Waals surface area contributed by atoms with Crippen LogP contribution in [0.25, 0.3) is 0 Å². The minimum absolute atomic E-state index is 0.431. The van der Waals surface area contributed by atoms with Gasteiger partial charge in [0.05, 0.1) is 11.6 Å². The molecule has 0 saturated carbocycles. The van der Waals surface area contributed by atoms with Gasteiger partial charge in [0.15, 0.2) is 11.5 Å². The first-order valence-corrected chi connectivity index (χ1v) is 9.11. The number of halogens is 2. The van der Waals surface area contributed by atoms with Gasteiger partial charge in [-0.3, -0.25) is 0 Å². The maximum absolute atomic E-state index is 6.01. The van der Waals surface area contributed by atoms with Gasteiger partial charge in [-0.2, -0.15) is 0 Å². The summed E-state index contributed by atoms with van der Waals surface area (Å²) in [6, 6.07) is 11.7. The molecular formula is C19H23BrClNO2. The van der Waals surface area contributed by atoms with Crippen molar-refractivity contribution in [3.05, 3.63) is 57.0 Å². The van der Waals surface area contributed by atoms with E-state index in [1.54, 1.807) is 7.11 Å². The lowest BCUT2D eigenvalue weighted by molar-refractivity contribution is 0.282. The van der Waals surface area contributed by atoms with Gasteiger partial charge in [-0.25, -0.2) is 0 Å². The SMILES string of the molecule is COc1cc(CNCC(C)C)cc(Br)c1OCc1cccc(Cl)c1. The smallest absolute Gasteiger partial charge is 0.175 e. The number of hydrogen-bond donors (Lipinski definition) is 1. The van der Waals surface area contributed by atoms with Gasteiger partial charge in [0.1, 0.15) is 6.61 Å². The molecule has 0 fully saturated rings. The zero-order chi connectivity index (χ0) is 17.5.